The van der Waals surface area contributed by atoms with Crippen LogP contribution in [0.4, 0.5) is 5.69 Å². The summed E-state index contributed by atoms with van der Waals surface area (Å²) in [6.07, 6.45) is 0. The van der Waals surface area contributed by atoms with E-state index in [2.05, 4.69) is 27.3 Å². The molecular formula is C22H24N4O2S. The van der Waals surface area contributed by atoms with Gasteiger partial charge in [-0.05, 0) is 12.5 Å². The quantitative estimate of drug-likeness (QED) is 0.448. The Morgan fingerprint density at radius 1 is 1.00 bits per heavy atom. The van der Waals surface area contributed by atoms with Crippen LogP contribution in [0.1, 0.15) is 16.8 Å². The highest BCUT2D eigenvalue weighted by Crippen LogP contribution is 2.25. The molecule has 1 aliphatic heterocycles. The summed E-state index contributed by atoms with van der Waals surface area (Å²) in [6, 6.07) is 15.6. The van der Waals surface area contributed by atoms with Gasteiger partial charge in [0, 0.05) is 61.8 Å². The van der Waals surface area contributed by atoms with Crippen LogP contribution in [0.25, 0.3) is 10.6 Å². The van der Waals surface area contributed by atoms with Gasteiger partial charge < -0.3 is 0 Å². The van der Waals surface area contributed by atoms with Crippen LogP contribution < -0.4 is 0 Å². The maximum absolute atomic E-state index is 11.2. The van der Waals surface area contributed by atoms with Crippen molar-refractivity contribution < 1.29 is 4.92 Å². The van der Waals surface area contributed by atoms with E-state index in [1.807, 2.05) is 31.2 Å². The van der Waals surface area contributed by atoms with Crippen LogP contribution in [0.2, 0.25) is 0 Å². The first kappa shape index (κ1) is 19.7. The van der Waals surface area contributed by atoms with Crippen LogP contribution in [0.15, 0.2) is 53.9 Å². The molecule has 0 spiro atoms. The number of nitrogens with zero attached hydrogens (tertiary/aromatic N) is 4. The highest BCUT2D eigenvalue weighted by atomic mass is 32.1. The van der Waals surface area contributed by atoms with E-state index in [1.165, 1.54) is 5.56 Å². The van der Waals surface area contributed by atoms with Gasteiger partial charge in [0.15, 0.2) is 0 Å². The van der Waals surface area contributed by atoms with Crippen molar-refractivity contribution in [2.24, 2.45) is 0 Å². The summed E-state index contributed by atoms with van der Waals surface area (Å²) in [5.41, 5.74) is 4.31. The molecule has 2 aromatic carbocycles. The Kier molecular flexibility index (Phi) is 5.99. The van der Waals surface area contributed by atoms with Gasteiger partial charge in [0.25, 0.3) is 5.69 Å². The molecule has 7 heteroatoms. The maximum atomic E-state index is 11.2. The van der Waals surface area contributed by atoms with Gasteiger partial charge in [0.2, 0.25) is 0 Å². The lowest BCUT2D eigenvalue weighted by Gasteiger charge is -2.34. The molecule has 0 radical (unpaired) electrons. The van der Waals surface area contributed by atoms with Crippen molar-refractivity contribution in [2.45, 2.75) is 20.0 Å². The Balaban J connectivity index is 1.32. The van der Waals surface area contributed by atoms with Crippen molar-refractivity contribution in [1.29, 1.82) is 0 Å². The summed E-state index contributed by atoms with van der Waals surface area (Å²) in [6.45, 7) is 7.34. The molecule has 0 aliphatic carbocycles. The van der Waals surface area contributed by atoms with E-state index >= 15 is 0 Å². The van der Waals surface area contributed by atoms with Crippen molar-refractivity contribution in [3.05, 3.63) is 80.8 Å². The second-order valence-corrected chi connectivity index (χ2v) is 8.24. The molecule has 4 rings (SSSR count). The van der Waals surface area contributed by atoms with E-state index in [4.69, 9.17) is 4.98 Å². The van der Waals surface area contributed by atoms with E-state index in [-0.39, 0.29) is 10.6 Å². The summed E-state index contributed by atoms with van der Waals surface area (Å²) in [4.78, 5) is 20.5. The van der Waals surface area contributed by atoms with Crippen LogP contribution in [0, 0.1) is 17.0 Å². The second kappa shape index (κ2) is 8.82. The Labute approximate surface area is 174 Å². The second-order valence-electron chi connectivity index (χ2n) is 7.38. The predicted molar refractivity (Wildman–Crippen MR) is 116 cm³/mol. The smallest absolute Gasteiger partial charge is 0.272 e. The lowest BCUT2D eigenvalue weighted by atomic mass is 10.1. The highest BCUT2D eigenvalue weighted by Gasteiger charge is 2.20. The summed E-state index contributed by atoms with van der Waals surface area (Å²) in [5.74, 6) is 0. The number of nitro groups is 1. The molecule has 1 aliphatic rings. The minimum atomic E-state index is -0.297. The fourth-order valence-corrected chi connectivity index (χ4v) is 4.52. The Morgan fingerprint density at radius 3 is 2.38 bits per heavy atom. The van der Waals surface area contributed by atoms with Crippen molar-refractivity contribution in [1.82, 2.24) is 14.8 Å². The number of rotatable bonds is 6. The lowest BCUT2D eigenvalue weighted by molar-refractivity contribution is -0.385. The average molecular weight is 409 g/mol. The van der Waals surface area contributed by atoms with Gasteiger partial charge in [-0.1, -0.05) is 42.5 Å². The van der Waals surface area contributed by atoms with E-state index in [1.54, 1.807) is 23.5 Å². The number of hydrogen-bond acceptors (Lipinski definition) is 6. The predicted octanol–water partition coefficient (Wildman–Crippen LogP) is 4.34. The molecule has 0 saturated carbocycles. The van der Waals surface area contributed by atoms with Crippen molar-refractivity contribution in [3.8, 4) is 10.6 Å². The Morgan fingerprint density at radius 2 is 1.69 bits per heavy atom. The lowest BCUT2D eigenvalue weighted by Crippen LogP contribution is -2.45. The number of aromatic nitrogens is 1. The van der Waals surface area contributed by atoms with Gasteiger partial charge in [0.05, 0.1) is 10.6 Å². The molecule has 3 aromatic rings. The zero-order valence-corrected chi connectivity index (χ0v) is 17.3. The van der Waals surface area contributed by atoms with E-state index < -0.39 is 0 Å². The fraction of sp³-hybridized carbons (Fsp3) is 0.318. The number of nitro benzene ring substituents is 1. The summed E-state index contributed by atoms with van der Waals surface area (Å²) in [5, 5.41) is 14.4. The van der Waals surface area contributed by atoms with Gasteiger partial charge in [-0.15, -0.1) is 11.3 Å². The molecule has 1 aromatic heterocycles. The standard InChI is InChI=1S/C22H24N4O2S/c1-17-19(8-5-9-21(17)26(27)28)14-24-10-12-25(13-11-24)15-20-16-29-22(23-20)18-6-3-2-4-7-18/h2-9,16H,10-15H2,1H3. The van der Waals surface area contributed by atoms with Crippen molar-refractivity contribution in [3.63, 3.8) is 0 Å². The fourth-order valence-electron chi connectivity index (χ4n) is 3.71. The highest BCUT2D eigenvalue weighted by molar-refractivity contribution is 7.13. The third kappa shape index (κ3) is 4.70. The molecule has 1 fully saturated rings. The molecule has 2 heterocycles. The van der Waals surface area contributed by atoms with Crippen LogP contribution in [-0.2, 0) is 13.1 Å². The average Bonchev–Trinajstić information content (AvgIpc) is 3.20. The van der Waals surface area contributed by atoms with Crippen LogP contribution in [0.5, 0.6) is 0 Å². The monoisotopic (exact) mass is 408 g/mol. The normalized spacial score (nSPS) is 15.5. The van der Waals surface area contributed by atoms with Gasteiger partial charge in [-0.3, -0.25) is 19.9 Å². The molecule has 0 unspecified atom stereocenters. The number of hydrogen-bond donors (Lipinski definition) is 0. The summed E-state index contributed by atoms with van der Waals surface area (Å²) >= 11 is 1.70. The molecule has 0 N–H and O–H groups in total. The number of thiazole rings is 1. The number of piperazine rings is 1. The Bertz CT molecular complexity index is 981. The first-order chi connectivity index (χ1) is 14.1. The van der Waals surface area contributed by atoms with Crippen LogP contribution in [-0.4, -0.2) is 45.9 Å². The molecule has 6 nitrogen and oxygen atoms in total. The zero-order valence-electron chi connectivity index (χ0n) is 16.5. The third-order valence-corrected chi connectivity index (χ3v) is 6.37. The van der Waals surface area contributed by atoms with Crippen LogP contribution in [0.3, 0.4) is 0 Å². The van der Waals surface area contributed by atoms with Crippen molar-refractivity contribution in [2.75, 3.05) is 26.2 Å². The molecule has 1 saturated heterocycles. The van der Waals surface area contributed by atoms with Gasteiger partial charge in [0.1, 0.15) is 5.01 Å². The molecular weight excluding hydrogens is 384 g/mol. The first-order valence-electron chi connectivity index (χ1n) is 9.77. The third-order valence-electron chi connectivity index (χ3n) is 5.43. The molecule has 150 valence electrons. The van der Waals surface area contributed by atoms with Gasteiger partial charge in [-0.2, -0.15) is 0 Å². The largest absolute Gasteiger partial charge is 0.297 e. The van der Waals surface area contributed by atoms with Crippen molar-refractivity contribution >= 4 is 17.0 Å². The SMILES string of the molecule is Cc1c(CN2CCN(Cc3csc(-c4ccccc4)n3)CC2)cccc1[N+](=O)[O-]. The minimum Gasteiger partial charge on any atom is -0.297 e. The van der Waals surface area contributed by atoms with Crippen LogP contribution >= 0.6 is 11.3 Å². The number of benzene rings is 2. The Hall–Kier alpha value is -2.61. The summed E-state index contributed by atoms with van der Waals surface area (Å²) < 4.78 is 0. The maximum Gasteiger partial charge on any atom is 0.272 e. The minimum absolute atomic E-state index is 0.207. The molecule has 29 heavy (non-hydrogen) atoms. The first-order valence-corrected chi connectivity index (χ1v) is 10.7. The van der Waals surface area contributed by atoms with E-state index in [9.17, 15) is 10.1 Å². The van der Waals surface area contributed by atoms with Gasteiger partial charge >= 0.3 is 0 Å². The van der Waals surface area contributed by atoms with E-state index in [0.29, 0.717) is 0 Å². The van der Waals surface area contributed by atoms with Gasteiger partial charge in [-0.25, -0.2) is 4.98 Å². The van der Waals surface area contributed by atoms with E-state index in [0.717, 1.165) is 61.1 Å². The molecule has 0 atom stereocenters. The molecule has 0 bridgehead atoms. The molecule has 0 amide bonds. The summed E-state index contributed by atoms with van der Waals surface area (Å²) in [7, 11) is 0. The topological polar surface area (TPSA) is 62.5 Å². The zero-order chi connectivity index (χ0) is 20.2.